The van der Waals surface area contributed by atoms with Crippen LogP contribution in [0.5, 0.6) is 0 Å². The third-order valence-corrected chi connectivity index (χ3v) is 8.18. The van der Waals surface area contributed by atoms with Crippen molar-refractivity contribution in [1.82, 2.24) is 15.2 Å². The second-order valence-electron chi connectivity index (χ2n) is 8.63. The lowest BCUT2D eigenvalue weighted by Crippen LogP contribution is -2.51. The molecule has 2 fully saturated rings. The maximum absolute atomic E-state index is 13.5. The lowest BCUT2D eigenvalue weighted by Gasteiger charge is -2.38. The Labute approximate surface area is 185 Å². The van der Waals surface area contributed by atoms with E-state index in [9.17, 15) is 13.2 Å². The van der Waals surface area contributed by atoms with Gasteiger partial charge in [-0.25, -0.2) is 8.42 Å². The molecule has 2 unspecified atom stereocenters. The van der Waals surface area contributed by atoms with Crippen LogP contribution >= 0.6 is 0 Å². The number of aromatic nitrogens is 1. The molecule has 2 aromatic rings. The first-order chi connectivity index (χ1) is 15.0. The van der Waals surface area contributed by atoms with Crippen LogP contribution in [-0.4, -0.2) is 54.3 Å². The fourth-order valence-corrected chi connectivity index (χ4v) is 6.64. The van der Waals surface area contributed by atoms with E-state index in [0.29, 0.717) is 6.42 Å². The maximum atomic E-state index is 13.5. The normalized spacial score (nSPS) is 22.1. The van der Waals surface area contributed by atoms with Crippen molar-refractivity contribution < 1.29 is 13.2 Å². The number of amides is 1. The minimum atomic E-state index is -3.05. The first-order valence-corrected chi connectivity index (χ1v) is 13.1. The predicted octanol–water partition coefficient (Wildman–Crippen LogP) is 3.11. The monoisotopic (exact) mass is 441 g/mol. The fraction of sp³-hybridized carbons (Fsp3) is 0.500. The smallest absolute Gasteiger partial charge is 0.237 e. The zero-order valence-corrected chi connectivity index (χ0v) is 18.6. The van der Waals surface area contributed by atoms with Crippen molar-refractivity contribution in [2.75, 3.05) is 18.1 Å². The molecule has 2 aliphatic rings. The van der Waals surface area contributed by atoms with Crippen LogP contribution in [0, 0.1) is 0 Å². The molecule has 1 aromatic carbocycles. The molecular formula is C24H31N3O3S. The fourth-order valence-electron chi connectivity index (χ4n) is 4.93. The van der Waals surface area contributed by atoms with Crippen LogP contribution in [-0.2, 0) is 14.6 Å². The molecule has 7 heteroatoms. The summed E-state index contributed by atoms with van der Waals surface area (Å²) in [5, 5.41) is 3.41. The molecule has 1 aliphatic carbocycles. The van der Waals surface area contributed by atoms with Crippen molar-refractivity contribution in [2.45, 2.75) is 56.7 Å². The van der Waals surface area contributed by atoms with Crippen LogP contribution in [0.3, 0.4) is 0 Å². The van der Waals surface area contributed by atoms with Gasteiger partial charge in [-0.15, -0.1) is 0 Å². The van der Waals surface area contributed by atoms with Crippen LogP contribution in [0.2, 0.25) is 0 Å². The van der Waals surface area contributed by atoms with Crippen LogP contribution in [0.25, 0.3) is 0 Å². The Morgan fingerprint density at radius 3 is 2.39 bits per heavy atom. The van der Waals surface area contributed by atoms with Gasteiger partial charge in [-0.05, 0) is 37.0 Å². The van der Waals surface area contributed by atoms with Gasteiger partial charge < -0.3 is 4.90 Å². The molecule has 2 heterocycles. The molecule has 1 amide bonds. The van der Waals surface area contributed by atoms with Gasteiger partial charge in [0.15, 0.2) is 9.84 Å². The van der Waals surface area contributed by atoms with Crippen LogP contribution in [0.4, 0.5) is 0 Å². The number of pyridine rings is 1. The molecule has 0 spiro atoms. The molecule has 6 nitrogen and oxygen atoms in total. The SMILES string of the molecule is O=C(CNC(c1ccccc1)c1ccccn1)N(C1CCCCC1)C1CCS(=O)(=O)C1. The largest absolute Gasteiger partial charge is 0.335 e. The number of sulfone groups is 1. The average molecular weight is 442 g/mol. The number of nitrogens with zero attached hydrogens (tertiary/aromatic N) is 2. The predicted molar refractivity (Wildman–Crippen MR) is 121 cm³/mol. The lowest BCUT2D eigenvalue weighted by molar-refractivity contribution is -0.135. The van der Waals surface area contributed by atoms with E-state index in [1.54, 1.807) is 6.20 Å². The van der Waals surface area contributed by atoms with E-state index >= 15 is 0 Å². The Morgan fingerprint density at radius 2 is 1.74 bits per heavy atom. The first kappa shape index (κ1) is 22.0. The van der Waals surface area contributed by atoms with E-state index in [4.69, 9.17) is 0 Å². The van der Waals surface area contributed by atoms with Crippen molar-refractivity contribution in [1.29, 1.82) is 0 Å². The summed E-state index contributed by atoms with van der Waals surface area (Å²) >= 11 is 0. The topological polar surface area (TPSA) is 79.4 Å². The molecule has 1 aromatic heterocycles. The van der Waals surface area contributed by atoms with Gasteiger partial charge in [-0.2, -0.15) is 0 Å². The number of nitrogens with one attached hydrogen (secondary N) is 1. The standard InChI is InChI=1S/C24H31N3O3S/c28-23(27(20-11-5-2-6-12-20)21-14-16-31(29,30)18-21)17-26-24(19-9-3-1-4-10-19)22-13-7-8-15-25-22/h1,3-4,7-10,13,15,20-21,24,26H,2,5-6,11-12,14,16-18H2. The van der Waals surface area contributed by atoms with Gasteiger partial charge in [0.05, 0.1) is 29.8 Å². The summed E-state index contributed by atoms with van der Waals surface area (Å²) in [5.41, 5.74) is 1.90. The molecular weight excluding hydrogens is 410 g/mol. The number of hydrogen-bond donors (Lipinski definition) is 1. The second kappa shape index (κ2) is 9.92. The van der Waals surface area contributed by atoms with Gasteiger partial charge in [-0.1, -0.05) is 55.7 Å². The van der Waals surface area contributed by atoms with Gasteiger partial charge in [0.25, 0.3) is 0 Å². The van der Waals surface area contributed by atoms with Gasteiger partial charge >= 0.3 is 0 Å². The molecule has 1 saturated carbocycles. The molecule has 1 aliphatic heterocycles. The zero-order valence-electron chi connectivity index (χ0n) is 17.8. The zero-order chi connectivity index (χ0) is 21.7. The summed E-state index contributed by atoms with van der Waals surface area (Å²) in [6.45, 7) is 0.156. The number of benzene rings is 1. The van der Waals surface area contributed by atoms with Crippen LogP contribution in [0.1, 0.15) is 55.8 Å². The molecule has 0 radical (unpaired) electrons. The highest BCUT2D eigenvalue weighted by molar-refractivity contribution is 7.91. The summed E-state index contributed by atoms with van der Waals surface area (Å²) in [6, 6.07) is 15.5. The lowest BCUT2D eigenvalue weighted by atomic mass is 9.92. The van der Waals surface area contributed by atoms with E-state index in [1.165, 1.54) is 6.42 Å². The summed E-state index contributed by atoms with van der Waals surface area (Å²) in [6.07, 6.45) is 7.62. The van der Waals surface area contributed by atoms with Gasteiger partial charge in [0, 0.05) is 18.3 Å². The molecule has 1 saturated heterocycles. The van der Waals surface area contributed by atoms with Gasteiger partial charge in [0.1, 0.15) is 0 Å². The summed E-state index contributed by atoms with van der Waals surface area (Å²) in [4.78, 5) is 19.9. The molecule has 1 N–H and O–H groups in total. The van der Waals surface area contributed by atoms with E-state index in [1.807, 2.05) is 53.4 Å². The Hall–Kier alpha value is -2.25. The van der Waals surface area contributed by atoms with Crippen molar-refractivity contribution >= 4 is 15.7 Å². The van der Waals surface area contributed by atoms with Crippen molar-refractivity contribution in [3.8, 4) is 0 Å². The highest BCUT2D eigenvalue weighted by Crippen LogP contribution is 2.28. The maximum Gasteiger partial charge on any atom is 0.237 e. The number of rotatable bonds is 7. The number of carbonyl (C=O) groups is 1. The second-order valence-corrected chi connectivity index (χ2v) is 10.9. The third kappa shape index (κ3) is 5.52. The Bertz CT molecular complexity index is 921. The summed E-state index contributed by atoms with van der Waals surface area (Å²) in [7, 11) is -3.05. The van der Waals surface area contributed by atoms with E-state index in [-0.39, 0.29) is 42.1 Å². The first-order valence-electron chi connectivity index (χ1n) is 11.2. The third-order valence-electron chi connectivity index (χ3n) is 6.43. The van der Waals surface area contributed by atoms with Gasteiger partial charge in [-0.3, -0.25) is 15.1 Å². The highest BCUT2D eigenvalue weighted by Gasteiger charge is 2.38. The minimum Gasteiger partial charge on any atom is -0.335 e. The van der Waals surface area contributed by atoms with Crippen molar-refractivity contribution in [2.24, 2.45) is 0 Å². The molecule has 0 bridgehead atoms. The molecule has 2 atom stereocenters. The van der Waals surface area contributed by atoms with Crippen molar-refractivity contribution in [3.63, 3.8) is 0 Å². The summed E-state index contributed by atoms with van der Waals surface area (Å²) < 4.78 is 24.3. The van der Waals surface area contributed by atoms with E-state index in [0.717, 1.165) is 36.9 Å². The highest BCUT2D eigenvalue weighted by atomic mass is 32.2. The van der Waals surface area contributed by atoms with Crippen molar-refractivity contribution in [3.05, 3.63) is 66.0 Å². The van der Waals surface area contributed by atoms with E-state index < -0.39 is 9.84 Å². The van der Waals surface area contributed by atoms with Crippen LogP contribution < -0.4 is 5.32 Å². The quantitative estimate of drug-likeness (QED) is 0.714. The average Bonchev–Trinajstić information content (AvgIpc) is 3.15. The van der Waals surface area contributed by atoms with E-state index in [2.05, 4.69) is 10.3 Å². The number of hydrogen-bond acceptors (Lipinski definition) is 5. The Morgan fingerprint density at radius 1 is 1.00 bits per heavy atom. The minimum absolute atomic E-state index is 0.00846. The Kier molecular flexibility index (Phi) is 7.02. The molecule has 166 valence electrons. The van der Waals surface area contributed by atoms with Gasteiger partial charge in [0.2, 0.25) is 5.91 Å². The molecule has 31 heavy (non-hydrogen) atoms. The summed E-state index contributed by atoms with van der Waals surface area (Å²) in [5.74, 6) is 0.269. The van der Waals surface area contributed by atoms with Crippen LogP contribution in [0.15, 0.2) is 54.7 Å². The number of carbonyl (C=O) groups excluding carboxylic acids is 1. The molecule has 4 rings (SSSR count). The Balaban J connectivity index is 1.52.